The molecule has 0 aromatic rings. The molecule has 3 unspecified atom stereocenters. The van der Waals surface area contributed by atoms with Crippen molar-refractivity contribution in [1.29, 1.82) is 0 Å². The van der Waals surface area contributed by atoms with E-state index in [0.29, 0.717) is 0 Å². The maximum Gasteiger partial charge on any atom is 0.320 e. The van der Waals surface area contributed by atoms with Crippen LogP contribution in [0.25, 0.3) is 0 Å². The van der Waals surface area contributed by atoms with Crippen LogP contribution in [-0.2, 0) is 9.59 Å². The van der Waals surface area contributed by atoms with Gasteiger partial charge in [0, 0.05) is 6.42 Å². The van der Waals surface area contributed by atoms with Crippen LogP contribution in [0.3, 0.4) is 0 Å². The van der Waals surface area contributed by atoms with Gasteiger partial charge in [-0.15, -0.1) is 0 Å². The predicted octanol–water partition coefficient (Wildman–Crippen LogP) is -3.68. The molecule has 0 saturated carbocycles. The molecular formula is C10H21NO9. The van der Waals surface area contributed by atoms with Crippen molar-refractivity contribution in [2.45, 2.75) is 37.2 Å². The second-order valence-corrected chi connectivity index (χ2v) is 3.87. The highest BCUT2D eigenvalue weighted by Crippen LogP contribution is 1.98. The molecule has 0 aliphatic heterocycles. The van der Waals surface area contributed by atoms with Gasteiger partial charge in [-0.25, -0.2) is 0 Å². The van der Waals surface area contributed by atoms with Crippen LogP contribution in [0.15, 0.2) is 0 Å². The molecule has 0 aliphatic rings. The van der Waals surface area contributed by atoms with E-state index in [1.54, 1.807) is 0 Å². The monoisotopic (exact) mass is 299 g/mol. The highest BCUT2D eigenvalue weighted by molar-refractivity contribution is 5.74. The third-order valence-corrected chi connectivity index (χ3v) is 2.15. The Kier molecular flexibility index (Phi) is 12.1. The Morgan fingerprint density at radius 3 is 1.60 bits per heavy atom. The smallest absolute Gasteiger partial charge is 0.320 e. The van der Waals surface area contributed by atoms with Gasteiger partial charge in [-0.2, -0.15) is 0 Å². The number of carbonyl (C=O) groups is 2. The summed E-state index contributed by atoms with van der Waals surface area (Å²) in [6.45, 7) is -1.28. The number of carboxylic acid groups (broad SMARTS) is 2. The number of hydrogen-bond donors (Lipinski definition) is 8. The van der Waals surface area contributed by atoms with E-state index in [1.165, 1.54) is 0 Å². The molecule has 0 heterocycles. The fraction of sp³-hybridized carbons (Fsp3) is 0.800. The molecule has 0 radical (unpaired) electrons. The number of aliphatic hydroxyl groups excluding tert-OH is 5. The van der Waals surface area contributed by atoms with Gasteiger partial charge >= 0.3 is 11.9 Å². The normalized spacial score (nSPS) is 16.3. The zero-order valence-electron chi connectivity index (χ0n) is 10.7. The van der Waals surface area contributed by atoms with E-state index in [-0.39, 0.29) is 12.8 Å². The maximum absolute atomic E-state index is 9.99. The Bertz CT molecular complexity index is 276. The van der Waals surface area contributed by atoms with E-state index in [9.17, 15) is 9.59 Å². The van der Waals surface area contributed by atoms with Crippen molar-refractivity contribution in [2.75, 3.05) is 13.2 Å². The fourth-order valence-electron chi connectivity index (χ4n) is 0.875. The molecule has 0 bridgehead atoms. The first kappa shape index (κ1) is 21.0. The van der Waals surface area contributed by atoms with Gasteiger partial charge in [0.2, 0.25) is 0 Å². The van der Waals surface area contributed by atoms with Crippen LogP contribution >= 0.6 is 0 Å². The van der Waals surface area contributed by atoms with Crippen LogP contribution in [0.4, 0.5) is 0 Å². The van der Waals surface area contributed by atoms with Gasteiger partial charge in [-0.1, -0.05) is 0 Å². The van der Waals surface area contributed by atoms with Crippen LogP contribution in [0, 0.1) is 0 Å². The van der Waals surface area contributed by atoms with Gasteiger partial charge in [0.15, 0.2) is 0 Å². The van der Waals surface area contributed by atoms with E-state index in [0.717, 1.165) is 0 Å². The van der Waals surface area contributed by atoms with E-state index in [2.05, 4.69) is 0 Å². The molecule has 3 atom stereocenters. The minimum absolute atomic E-state index is 0.0231. The fourth-order valence-corrected chi connectivity index (χ4v) is 0.875. The summed E-state index contributed by atoms with van der Waals surface area (Å²) in [6.07, 6.45) is -4.52. The van der Waals surface area contributed by atoms with E-state index in [4.69, 9.17) is 41.5 Å². The van der Waals surface area contributed by atoms with Gasteiger partial charge in [-0.3, -0.25) is 9.59 Å². The Hall–Kier alpha value is -1.30. The summed E-state index contributed by atoms with van der Waals surface area (Å²) in [6, 6.07) is -1.06. The number of aliphatic hydroxyl groups is 5. The molecule has 0 fully saturated rings. The third-order valence-electron chi connectivity index (χ3n) is 2.15. The summed E-state index contributed by atoms with van der Waals surface area (Å²) in [5, 5.41) is 58.8. The Morgan fingerprint density at radius 2 is 1.35 bits per heavy atom. The van der Waals surface area contributed by atoms with Gasteiger partial charge in [0.1, 0.15) is 24.4 Å². The summed E-state index contributed by atoms with van der Waals surface area (Å²) in [4.78, 5) is 19.9. The summed E-state index contributed by atoms with van der Waals surface area (Å²) >= 11 is 0. The molecule has 0 aliphatic carbocycles. The van der Waals surface area contributed by atoms with Gasteiger partial charge in [-0.05, 0) is 6.42 Å². The average Bonchev–Trinajstić information content (AvgIpc) is 2.42. The molecule has 120 valence electrons. The first-order valence-electron chi connectivity index (χ1n) is 5.63. The van der Waals surface area contributed by atoms with Crippen LogP contribution in [-0.4, -0.2) is 85.3 Å². The summed E-state index contributed by atoms with van der Waals surface area (Å²) in [5.74, 6) is -2.20. The first-order valence-corrected chi connectivity index (χ1v) is 5.63. The molecular weight excluding hydrogens is 278 g/mol. The lowest BCUT2D eigenvalue weighted by atomic mass is 10.1. The van der Waals surface area contributed by atoms with Crippen molar-refractivity contribution < 1.29 is 45.3 Å². The van der Waals surface area contributed by atoms with Crippen LogP contribution in [0.1, 0.15) is 12.8 Å². The van der Waals surface area contributed by atoms with Crippen LogP contribution in [0.2, 0.25) is 0 Å². The second kappa shape index (κ2) is 11.5. The maximum atomic E-state index is 9.99. The standard InChI is InChI=1S/C5H9NO4.C5H12O5/c6-3(5(9)10)1-2-4(7)8;6-1-3(8)5(10)4(9)2-7/h3H,1-2,6H2,(H,7,8)(H,9,10);3-10H,1-2H2. The average molecular weight is 299 g/mol. The Morgan fingerprint density at radius 1 is 0.950 bits per heavy atom. The topological polar surface area (TPSA) is 202 Å². The number of carboxylic acids is 2. The minimum atomic E-state index is -1.49. The van der Waals surface area contributed by atoms with Crippen molar-refractivity contribution in [2.24, 2.45) is 5.73 Å². The zero-order chi connectivity index (χ0) is 16.3. The lowest BCUT2D eigenvalue weighted by Crippen LogP contribution is -2.41. The molecule has 10 heteroatoms. The lowest BCUT2D eigenvalue weighted by molar-refractivity contribution is -0.139. The van der Waals surface area contributed by atoms with E-state index < -0.39 is 49.5 Å². The first-order chi connectivity index (χ1) is 9.17. The number of nitrogens with two attached hydrogens (primary N) is 1. The molecule has 0 aromatic heterocycles. The molecule has 9 N–H and O–H groups in total. The SMILES string of the molecule is NC(CCC(=O)O)C(=O)O.OCC(O)C(O)C(O)CO. The van der Waals surface area contributed by atoms with E-state index >= 15 is 0 Å². The molecule has 0 saturated heterocycles. The Labute approximate surface area is 114 Å². The van der Waals surface area contributed by atoms with Gasteiger partial charge < -0.3 is 41.5 Å². The minimum Gasteiger partial charge on any atom is -0.481 e. The summed E-state index contributed by atoms with van der Waals surface area (Å²) in [7, 11) is 0. The largest absolute Gasteiger partial charge is 0.481 e. The molecule has 0 amide bonds. The number of aliphatic carboxylic acids is 2. The van der Waals surface area contributed by atoms with Gasteiger partial charge in [0.05, 0.1) is 13.2 Å². The second-order valence-electron chi connectivity index (χ2n) is 3.87. The predicted molar refractivity (Wildman–Crippen MR) is 64.7 cm³/mol. The Balaban J connectivity index is 0. The third kappa shape index (κ3) is 10.6. The quantitative estimate of drug-likeness (QED) is 0.220. The van der Waals surface area contributed by atoms with Crippen LogP contribution in [0.5, 0.6) is 0 Å². The molecule has 0 rings (SSSR count). The van der Waals surface area contributed by atoms with E-state index in [1.807, 2.05) is 0 Å². The molecule has 0 spiro atoms. The van der Waals surface area contributed by atoms with Gasteiger partial charge in [0.25, 0.3) is 0 Å². The highest BCUT2D eigenvalue weighted by atomic mass is 16.4. The van der Waals surface area contributed by atoms with Crippen molar-refractivity contribution >= 4 is 11.9 Å². The van der Waals surface area contributed by atoms with Crippen LogP contribution < -0.4 is 5.73 Å². The van der Waals surface area contributed by atoms with Crippen molar-refractivity contribution in [3.63, 3.8) is 0 Å². The molecule has 20 heavy (non-hydrogen) atoms. The summed E-state index contributed by atoms with van der Waals surface area (Å²) in [5.41, 5.74) is 5.00. The molecule has 10 nitrogen and oxygen atoms in total. The van der Waals surface area contributed by atoms with Crippen molar-refractivity contribution in [1.82, 2.24) is 0 Å². The highest BCUT2D eigenvalue weighted by Gasteiger charge is 2.22. The van der Waals surface area contributed by atoms with Crippen molar-refractivity contribution in [3.05, 3.63) is 0 Å². The lowest BCUT2D eigenvalue weighted by Gasteiger charge is -2.19. The number of rotatable bonds is 8. The van der Waals surface area contributed by atoms with Crippen molar-refractivity contribution in [3.8, 4) is 0 Å². The zero-order valence-corrected chi connectivity index (χ0v) is 10.7. The number of hydrogen-bond acceptors (Lipinski definition) is 8. The summed E-state index contributed by atoms with van der Waals surface area (Å²) < 4.78 is 0. The molecule has 0 aromatic carbocycles.